The Morgan fingerprint density at radius 1 is 0.917 bits per heavy atom. The van der Waals surface area contributed by atoms with E-state index >= 15 is 0 Å². The van der Waals surface area contributed by atoms with Gasteiger partial charge >= 0.3 is 0 Å². The second-order valence-corrected chi connectivity index (χ2v) is 7.99. The number of benzene rings is 2. The van der Waals surface area contributed by atoms with Gasteiger partial charge in [-0.2, -0.15) is 0 Å². The van der Waals surface area contributed by atoms with Crippen LogP contribution >= 0.6 is 46.4 Å². The summed E-state index contributed by atoms with van der Waals surface area (Å²) in [5.41, 5.74) is 0.272. The zero-order valence-electron chi connectivity index (χ0n) is 11.8. The Labute approximate surface area is 158 Å². The summed E-state index contributed by atoms with van der Waals surface area (Å²) in [6, 6.07) is 8.52. The van der Waals surface area contributed by atoms with Crippen molar-refractivity contribution in [2.45, 2.75) is 4.90 Å². The Morgan fingerprint density at radius 3 is 2.17 bits per heavy atom. The fourth-order valence-electron chi connectivity index (χ4n) is 1.71. The first-order valence-corrected chi connectivity index (χ1v) is 9.38. The van der Waals surface area contributed by atoms with E-state index in [1.54, 1.807) is 6.07 Å². The minimum Gasteiger partial charge on any atom is -0.324 e. The molecule has 1 amide bonds. The van der Waals surface area contributed by atoms with E-state index in [1.165, 1.54) is 30.3 Å². The van der Waals surface area contributed by atoms with Gasteiger partial charge in [0.1, 0.15) is 4.90 Å². The summed E-state index contributed by atoms with van der Waals surface area (Å²) in [7, 11) is -4.01. The molecule has 5 nitrogen and oxygen atoms in total. The van der Waals surface area contributed by atoms with Crippen LogP contribution < -0.4 is 10.0 Å². The van der Waals surface area contributed by atoms with Crippen LogP contribution in [-0.2, 0) is 14.8 Å². The molecule has 0 saturated heterocycles. The molecule has 0 aromatic heterocycles. The molecule has 0 aliphatic carbocycles. The zero-order chi connectivity index (χ0) is 17.9. The van der Waals surface area contributed by atoms with Gasteiger partial charge in [-0.15, -0.1) is 0 Å². The highest BCUT2D eigenvalue weighted by Gasteiger charge is 2.19. The summed E-state index contributed by atoms with van der Waals surface area (Å²) in [6.45, 7) is -0.520. The summed E-state index contributed by atoms with van der Waals surface area (Å²) < 4.78 is 26.5. The predicted octanol–water partition coefficient (Wildman–Crippen LogP) is 4.22. The van der Waals surface area contributed by atoms with Crippen LogP contribution in [0.2, 0.25) is 20.1 Å². The van der Waals surface area contributed by atoms with Crippen molar-refractivity contribution in [3.05, 3.63) is 56.5 Å². The highest BCUT2D eigenvalue weighted by Crippen LogP contribution is 2.26. The molecule has 0 fully saturated rings. The molecule has 2 rings (SSSR count). The lowest BCUT2D eigenvalue weighted by Crippen LogP contribution is -2.33. The number of hydrogen-bond acceptors (Lipinski definition) is 3. The van der Waals surface area contributed by atoms with Gasteiger partial charge in [-0.05, 0) is 36.4 Å². The molecule has 0 spiro atoms. The maximum absolute atomic E-state index is 12.2. The molecule has 2 aromatic rings. The monoisotopic (exact) mass is 426 g/mol. The topological polar surface area (TPSA) is 75.3 Å². The highest BCUT2D eigenvalue weighted by atomic mass is 35.5. The Kier molecular flexibility index (Phi) is 6.36. The van der Waals surface area contributed by atoms with Crippen molar-refractivity contribution in [3.8, 4) is 0 Å². The van der Waals surface area contributed by atoms with Crippen molar-refractivity contribution >= 4 is 68.0 Å². The van der Waals surface area contributed by atoms with Gasteiger partial charge in [-0.3, -0.25) is 4.79 Å². The molecule has 0 saturated carbocycles. The fourth-order valence-corrected chi connectivity index (χ4v) is 3.79. The van der Waals surface area contributed by atoms with E-state index in [4.69, 9.17) is 46.4 Å². The molecule has 0 atom stereocenters. The number of carbonyl (C=O) groups is 1. The van der Waals surface area contributed by atoms with Crippen LogP contribution in [0.1, 0.15) is 0 Å². The molecule has 2 aromatic carbocycles. The Morgan fingerprint density at radius 2 is 1.50 bits per heavy atom. The summed E-state index contributed by atoms with van der Waals surface area (Å²) in [5, 5.41) is 3.30. The van der Waals surface area contributed by atoms with Gasteiger partial charge in [0.15, 0.2) is 0 Å². The second-order valence-electron chi connectivity index (χ2n) is 4.57. The normalized spacial score (nSPS) is 11.3. The Balaban J connectivity index is 2.08. The first kappa shape index (κ1) is 19.3. The fraction of sp³-hybridized carbons (Fsp3) is 0.0714. The van der Waals surface area contributed by atoms with Gasteiger partial charge in [-0.1, -0.05) is 46.4 Å². The lowest BCUT2D eigenvalue weighted by molar-refractivity contribution is -0.115. The number of rotatable bonds is 5. The van der Waals surface area contributed by atoms with E-state index in [0.29, 0.717) is 5.02 Å². The smallest absolute Gasteiger partial charge is 0.242 e. The van der Waals surface area contributed by atoms with E-state index in [1.807, 2.05) is 0 Å². The van der Waals surface area contributed by atoms with Crippen LogP contribution in [0.15, 0.2) is 41.3 Å². The largest absolute Gasteiger partial charge is 0.324 e. The van der Waals surface area contributed by atoms with Crippen molar-refractivity contribution in [1.29, 1.82) is 0 Å². The quantitative estimate of drug-likeness (QED) is 0.749. The molecule has 2 N–H and O–H groups in total. The average Bonchev–Trinajstić information content (AvgIpc) is 2.51. The van der Waals surface area contributed by atoms with Crippen molar-refractivity contribution < 1.29 is 13.2 Å². The first-order chi connectivity index (χ1) is 11.2. The summed E-state index contributed by atoms with van der Waals surface area (Å²) in [4.78, 5) is 11.7. The van der Waals surface area contributed by atoms with E-state index in [-0.39, 0.29) is 25.7 Å². The minimum atomic E-state index is -4.01. The van der Waals surface area contributed by atoms with Crippen LogP contribution in [0.25, 0.3) is 0 Å². The summed E-state index contributed by atoms with van der Waals surface area (Å²) in [6.07, 6.45) is 0. The third-order valence-corrected chi connectivity index (χ3v) is 5.49. The highest BCUT2D eigenvalue weighted by molar-refractivity contribution is 7.89. The molecule has 0 bridgehead atoms. The maximum Gasteiger partial charge on any atom is 0.242 e. The molecule has 0 aliphatic rings. The average molecular weight is 428 g/mol. The maximum atomic E-state index is 12.2. The SMILES string of the molecule is O=C(CNS(=O)(=O)c1cc(Cl)ccc1Cl)Nc1cc(Cl)ccc1Cl. The van der Waals surface area contributed by atoms with Crippen molar-refractivity contribution in [2.75, 3.05) is 11.9 Å². The van der Waals surface area contributed by atoms with Crippen molar-refractivity contribution in [2.24, 2.45) is 0 Å². The van der Waals surface area contributed by atoms with Gasteiger partial charge in [-0.25, -0.2) is 13.1 Å². The van der Waals surface area contributed by atoms with Gasteiger partial charge < -0.3 is 5.32 Å². The minimum absolute atomic E-state index is 0.00908. The van der Waals surface area contributed by atoms with Crippen LogP contribution in [0.4, 0.5) is 5.69 Å². The van der Waals surface area contributed by atoms with Gasteiger partial charge in [0.25, 0.3) is 0 Å². The lowest BCUT2D eigenvalue weighted by atomic mass is 10.3. The molecule has 0 unspecified atom stereocenters. The van der Waals surface area contributed by atoms with E-state index in [2.05, 4.69) is 10.0 Å². The van der Waals surface area contributed by atoms with Gasteiger partial charge in [0, 0.05) is 10.0 Å². The van der Waals surface area contributed by atoms with E-state index in [9.17, 15) is 13.2 Å². The summed E-state index contributed by atoms with van der Waals surface area (Å²) >= 11 is 23.4. The Bertz CT molecular complexity index is 888. The lowest BCUT2D eigenvalue weighted by Gasteiger charge is -2.10. The molecule has 0 heterocycles. The molecule has 0 radical (unpaired) electrons. The number of amides is 1. The van der Waals surface area contributed by atoms with Crippen molar-refractivity contribution in [1.82, 2.24) is 4.72 Å². The molecule has 0 aliphatic heterocycles. The number of anilines is 1. The third-order valence-electron chi connectivity index (χ3n) is 2.81. The molecule has 128 valence electrons. The van der Waals surface area contributed by atoms with Gasteiger partial charge in [0.05, 0.1) is 22.3 Å². The molecular weight excluding hydrogens is 418 g/mol. The van der Waals surface area contributed by atoms with Crippen LogP contribution in [0.3, 0.4) is 0 Å². The number of halogens is 4. The molecule has 10 heteroatoms. The zero-order valence-corrected chi connectivity index (χ0v) is 15.7. The first-order valence-electron chi connectivity index (χ1n) is 6.38. The van der Waals surface area contributed by atoms with Crippen LogP contribution in [-0.4, -0.2) is 20.9 Å². The molecule has 24 heavy (non-hydrogen) atoms. The number of carbonyl (C=O) groups excluding carboxylic acids is 1. The van der Waals surface area contributed by atoms with Crippen LogP contribution in [0, 0.1) is 0 Å². The second kappa shape index (κ2) is 7.91. The standard InChI is InChI=1S/C14H10Cl4N2O3S/c15-8-1-3-10(17)12(5-8)20-14(21)7-19-24(22,23)13-6-9(16)2-4-11(13)18/h1-6,19H,7H2,(H,20,21). The predicted molar refractivity (Wildman–Crippen MR) is 96.7 cm³/mol. The van der Waals surface area contributed by atoms with Gasteiger partial charge in [0.2, 0.25) is 15.9 Å². The Hall–Kier alpha value is -1.02. The number of nitrogens with one attached hydrogen (secondary N) is 2. The van der Waals surface area contributed by atoms with Crippen LogP contribution in [0.5, 0.6) is 0 Å². The van der Waals surface area contributed by atoms with E-state index in [0.717, 1.165) is 0 Å². The van der Waals surface area contributed by atoms with E-state index < -0.39 is 22.5 Å². The van der Waals surface area contributed by atoms with Crippen molar-refractivity contribution in [3.63, 3.8) is 0 Å². The number of sulfonamides is 1. The number of hydrogen-bond donors (Lipinski definition) is 2. The summed E-state index contributed by atoms with van der Waals surface area (Å²) in [5.74, 6) is -0.624. The molecular formula is C14H10Cl4N2O3S. The third kappa shape index (κ3) is 4.99.